The third-order valence-corrected chi connectivity index (χ3v) is 6.00. The smallest absolute Gasteiger partial charge is 0.327 e. The molecule has 1 aromatic carbocycles. The number of rotatable bonds is 2. The molecule has 0 saturated carbocycles. The lowest BCUT2D eigenvalue weighted by atomic mass is 9.70. The van der Waals surface area contributed by atoms with Crippen molar-refractivity contribution in [1.82, 2.24) is 9.97 Å². The van der Waals surface area contributed by atoms with Crippen LogP contribution in [-0.4, -0.2) is 15.8 Å². The number of carbonyl (C=O) groups is 1. The van der Waals surface area contributed by atoms with Crippen molar-refractivity contribution in [3.8, 4) is 11.3 Å². The third-order valence-electron chi connectivity index (χ3n) is 6.00. The maximum atomic E-state index is 13.2. The van der Waals surface area contributed by atoms with Crippen LogP contribution in [0.2, 0.25) is 0 Å². The molecule has 3 heterocycles. The van der Waals surface area contributed by atoms with Crippen molar-refractivity contribution in [1.29, 1.82) is 0 Å². The summed E-state index contributed by atoms with van der Waals surface area (Å²) < 4.78 is 6.18. The van der Waals surface area contributed by atoms with E-state index in [1.54, 1.807) is 6.07 Å². The van der Waals surface area contributed by atoms with Gasteiger partial charge in [0.25, 0.3) is 5.56 Å². The van der Waals surface area contributed by atoms with Gasteiger partial charge in [0.15, 0.2) is 5.78 Å². The minimum absolute atomic E-state index is 0.0201. The Bertz CT molecular complexity index is 1350. The summed E-state index contributed by atoms with van der Waals surface area (Å²) in [6, 6.07) is 11.6. The first-order valence-corrected chi connectivity index (χ1v) is 10.3. The first-order chi connectivity index (χ1) is 14.7. The van der Waals surface area contributed by atoms with E-state index in [1.165, 1.54) is 0 Å². The fraction of sp³-hybridized carbons (Fsp3) is 0.292. The van der Waals surface area contributed by atoms with Gasteiger partial charge in [-0.15, -0.1) is 0 Å². The molecule has 0 radical (unpaired) electrons. The molecule has 1 unspecified atom stereocenters. The van der Waals surface area contributed by atoms with E-state index in [0.717, 1.165) is 16.8 Å². The van der Waals surface area contributed by atoms with Crippen molar-refractivity contribution in [3.63, 3.8) is 0 Å². The second-order valence-corrected chi connectivity index (χ2v) is 9.16. The zero-order valence-corrected chi connectivity index (χ0v) is 17.6. The van der Waals surface area contributed by atoms with Crippen LogP contribution in [0.25, 0.3) is 11.3 Å². The zero-order chi connectivity index (χ0) is 21.9. The van der Waals surface area contributed by atoms with Crippen molar-refractivity contribution in [2.75, 3.05) is 5.32 Å². The zero-order valence-electron chi connectivity index (χ0n) is 17.6. The first kappa shape index (κ1) is 19.4. The van der Waals surface area contributed by atoms with Gasteiger partial charge in [0.05, 0.1) is 11.5 Å². The summed E-state index contributed by atoms with van der Waals surface area (Å²) in [5.41, 5.74) is 2.26. The molecule has 0 spiro atoms. The van der Waals surface area contributed by atoms with Crippen LogP contribution < -0.4 is 16.6 Å². The number of hydrogen-bond acceptors (Lipinski definition) is 5. The van der Waals surface area contributed by atoms with Crippen LogP contribution in [0.5, 0.6) is 0 Å². The number of allylic oxidation sites excluding steroid dienone is 2. The molecule has 3 aromatic rings. The van der Waals surface area contributed by atoms with E-state index in [2.05, 4.69) is 15.3 Å². The monoisotopic (exact) mass is 417 g/mol. The fourth-order valence-corrected chi connectivity index (χ4v) is 4.61. The van der Waals surface area contributed by atoms with Crippen molar-refractivity contribution in [3.05, 3.63) is 85.4 Å². The van der Waals surface area contributed by atoms with E-state index >= 15 is 0 Å². The summed E-state index contributed by atoms with van der Waals surface area (Å²) in [4.78, 5) is 42.9. The molecule has 1 atom stereocenters. The van der Waals surface area contributed by atoms with Crippen LogP contribution in [-0.2, 0) is 4.79 Å². The molecule has 5 rings (SSSR count). The molecular formula is C24H23N3O4. The van der Waals surface area contributed by atoms with Crippen molar-refractivity contribution < 1.29 is 9.21 Å². The first-order valence-electron chi connectivity index (χ1n) is 10.3. The number of aryl methyl sites for hydroxylation is 1. The average Bonchev–Trinajstić information content (AvgIpc) is 3.15. The van der Waals surface area contributed by atoms with Crippen LogP contribution in [0.15, 0.2) is 61.7 Å². The Hall–Kier alpha value is -3.61. The summed E-state index contributed by atoms with van der Waals surface area (Å²) in [5.74, 6) is 0.761. The molecular weight excluding hydrogens is 394 g/mol. The largest absolute Gasteiger partial charge is 0.460 e. The Labute approximate surface area is 178 Å². The Kier molecular flexibility index (Phi) is 4.18. The van der Waals surface area contributed by atoms with Gasteiger partial charge in [0, 0.05) is 23.3 Å². The third kappa shape index (κ3) is 3.26. The molecule has 3 N–H and O–H groups in total. The number of H-pyrrole nitrogens is 2. The molecule has 0 bridgehead atoms. The molecule has 0 amide bonds. The standard InChI is InChI=1S/C24H23N3O4/c1-12-4-6-13(7-5-12)16-8-9-17(31-16)19-18-14(10-24(2,3)11-15(18)28)25-21-20(19)22(29)27-23(30)26-21/h4-9,19H,10-11H2,1-3H3,(H3,25,26,27,29,30). The van der Waals surface area contributed by atoms with Gasteiger partial charge in [0.2, 0.25) is 0 Å². The maximum absolute atomic E-state index is 13.2. The summed E-state index contributed by atoms with van der Waals surface area (Å²) in [5, 5.41) is 3.15. The van der Waals surface area contributed by atoms with Gasteiger partial charge in [0.1, 0.15) is 17.3 Å². The van der Waals surface area contributed by atoms with Crippen LogP contribution in [0.1, 0.15) is 49.5 Å². The molecule has 1 aliphatic carbocycles. The number of aromatic nitrogens is 2. The summed E-state index contributed by atoms with van der Waals surface area (Å²) in [6.45, 7) is 6.08. The molecule has 0 fully saturated rings. The van der Waals surface area contributed by atoms with E-state index in [-0.39, 0.29) is 16.8 Å². The number of carbonyl (C=O) groups excluding carboxylic acids is 1. The lowest BCUT2D eigenvalue weighted by molar-refractivity contribution is -0.118. The maximum Gasteiger partial charge on any atom is 0.327 e. The van der Waals surface area contributed by atoms with Crippen LogP contribution in [0.3, 0.4) is 0 Å². The number of nitrogens with one attached hydrogen (secondary N) is 3. The average molecular weight is 417 g/mol. The minimum atomic E-state index is -0.686. The van der Waals surface area contributed by atoms with E-state index in [9.17, 15) is 14.4 Å². The SMILES string of the molecule is Cc1ccc(-c2ccc(C3C4=C(CC(C)(C)CC4=O)Nc4[nH]c(=O)[nH]c(=O)c43)o2)cc1. The number of aromatic amines is 2. The van der Waals surface area contributed by atoms with Gasteiger partial charge in [-0.1, -0.05) is 43.7 Å². The number of fused-ring (bicyclic) bond motifs is 1. The number of ketones is 1. The van der Waals surface area contributed by atoms with Crippen LogP contribution in [0.4, 0.5) is 5.82 Å². The molecule has 2 aliphatic rings. The fourth-order valence-electron chi connectivity index (χ4n) is 4.61. The molecule has 1 aliphatic heterocycles. The second-order valence-electron chi connectivity index (χ2n) is 9.16. The quantitative estimate of drug-likeness (QED) is 0.587. The number of hydrogen-bond donors (Lipinski definition) is 3. The second kappa shape index (κ2) is 6.70. The van der Waals surface area contributed by atoms with Gasteiger partial charge in [-0.2, -0.15) is 0 Å². The van der Waals surface area contributed by atoms with E-state index < -0.39 is 17.2 Å². The van der Waals surface area contributed by atoms with Gasteiger partial charge in [-0.3, -0.25) is 19.6 Å². The highest BCUT2D eigenvalue weighted by Crippen LogP contribution is 2.47. The molecule has 7 heteroatoms. The van der Waals surface area contributed by atoms with Gasteiger partial charge >= 0.3 is 5.69 Å². The molecule has 2 aromatic heterocycles. The van der Waals surface area contributed by atoms with Gasteiger partial charge < -0.3 is 9.73 Å². The lowest BCUT2D eigenvalue weighted by Crippen LogP contribution is -2.38. The van der Waals surface area contributed by atoms with E-state index in [4.69, 9.17) is 4.42 Å². The minimum Gasteiger partial charge on any atom is -0.460 e. The van der Waals surface area contributed by atoms with Crippen molar-refractivity contribution in [2.45, 2.75) is 39.5 Å². The predicted molar refractivity (Wildman–Crippen MR) is 117 cm³/mol. The van der Waals surface area contributed by atoms with Crippen molar-refractivity contribution >= 4 is 11.6 Å². The number of anilines is 1. The number of benzene rings is 1. The highest BCUT2D eigenvalue weighted by atomic mass is 16.3. The predicted octanol–water partition coefficient (Wildman–Crippen LogP) is 3.83. The summed E-state index contributed by atoms with van der Waals surface area (Å²) >= 11 is 0. The lowest BCUT2D eigenvalue weighted by Gasteiger charge is -2.37. The Morgan fingerprint density at radius 3 is 2.45 bits per heavy atom. The molecule has 31 heavy (non-hydrogen) atoms. The van der Waals surface area contributed by atoms with Gasteiger partial charge in [-0.25, -0.2) is 4.79 Å². The Morgan fingerprint density at radius 2 is 1.71 bits per heavy atom. The topological polar surface area (TPSA) is 108 Å². The number of Topliss-reactive ketones (excluding diaryl/α,β-unsaturated/α-hetero) is 1. The normalized spacial score (nSPS) is 19.6. The Morgan fingerprint density at radius 1 is 0.968 bits per heavy atom. The molecule has 158 valence electrons. The Balaban J connectivity index is 1.70. The van der Waals surface area contributed by atoms with Crippen LogP contribution >= 0.6 is 0 Å². The molecule has 0 saturated heterocycles. The number of furan rings is 1. The van der Waals surface area contributed by atoms with Gasteiger partial charge in [-0.05, 0) is 30.9 Å². The highest BCUT2D eigenvalue weighted by molar-refractivity contribution is 6.01. The summed E-state index contributed by atoms with van der Waals surface area (Å²) in [7, 11) is 0. The van der Waals surface area contributed by atoms with Crippen LogP contribution in [0, 0.1) is 12.3 Å². The van der Waals surface area contributed by atoms with Crippen molar-refractivity contribution in [2.24, 2.45) is 5.41 Å². The molecule has 7 nitrogen and oxygen atoms in total. The highest BCUT2D eigenvalue weighted by Gasteiger charge is 2.43. The summed E-state index contributed by atoms with van der Waals surface area (Å²) in [6.07, 6.45) is 1.01. The van der Waals surface area contributed by atoms with E-state index in [0.29, 0.717) is 35.8 Å². The van der Waals surface area contributed by atoms with E-state index in [1.807, 2.05) is 51.1 Å².